The summed E-state index contributed by atoms with van der Waals surface area (Å²) in [6.45, 7) is 1.76. The highest BCUT2D eigenvalue weighted by molar-refractivity contribution is 6.33. The molecular weight excluding hydrogens is 458 g/mol. The van der Waals surface area contributed by atoms with Crippen LogP contribution in [0, 0.1) is 0 Å². The smallest absolute Gasteiger partial charge is 0.252 e. The minimum atomic E-state index is -0.160. The van der Waals surface area contributed by atoms with E-state index in [9.17, 15) is 4.79 Å². The van der Waals surface area contributed by atoms with Crippen molar-refractivity contribution in [3.8, 4) is 5.75 Å². The zero-order valence-corrected chi connectivity index (χ0v) is 20.0. The van der Waals surface area contributed by atoms with Gasteiger partial charge in [-0.25, -0.2) is 4.98 Å². The van der Waals surface area contributed by atoms with Gasteiger partial charge in [-0.05, 0) is 42.1 Å². The highest BCUT2D eigenvalue weighted by atomic mass is 35.5. The molecule has 5 nitrogen and oxygen atoms in total. The molecule has 0 spiro atoms. The molecule has 1 amide bonds. The maximum atomic E-state index is 12.4. The number of rotatable bonds is 9. The number of hydrogen-bond acceptors (Lipinski definition) is 3. The Morgan fingerprint density at radius 2 is 1.69 bits per heavy atom. The largest absolute Gasteiger partial charge is 0.491 e. The number of nitrogens with one attached hydrogen (secondary N) is 1. The molecule has 1 N–H and O–H groups in total. The van der Waals surface area contributed by atoms with E-state index in [-0.39, 0.29) is 5.91 Å². The van der Waals surface area contributed by atoms with Gasteiger partial charge in [-0.2, -0.15) is 0 Å². The first-order valence-corrected chi connectivity index (χ1v) is 12.2. The summed E-state index contributed by atoms with van der Waals surface area (Å²) >= 11 is 6.13. The normalized spacial score (nSPS) is 11.1. The van der Waals surface area contributed by atoms with Gasteiger partial charge in [-0.1, -0.05) is 72.3 Å². The lowest BCUT2D eigenvalue weighted by molar-refractivity contribution is 0.0953. The van der Waals surface area contributed by atoms with Crippen molar-refractivity contribution in [3.05, 3.63) is 107 Å². The summed E-state index contributed by atoms with van der Waals surface area (Å²) in [6.07, 6.45) is 1.51. The summed E-state index contributed by atoms with van der Waals surface area (Å²) in [4.78, 5) is 17.3. The van der Waals surface area contributed by atoms with Gasteiger partial charge in [0.2, 0.25) is 0 Å². The fraction of sp³-hybridized carbons (Fsp3) is 0.172. The number of halogens is 1. The van der Waals surface area contributed by atoms with E-state index < -0.39 is 0 Å². The van der Waals surface area contributed by atoms with Crippen LogP contribution < -0.4 is 10.1 Å². The lowest BCUT2D eigenvalue weighted by atomic mass is 10.1. The van der Waals surface area contributed by atoms with E-state index in [2.05, 4.69) is 34.1 Å². The molecule has 1 heterocycles. The van der Waals surface area contributed by atoms with Crippen molar-refractivity contribution in [1.82, 2.24) is 14.9 Å². The summed E-state index contributed by atoms with van der Waals surface area (Å²) in [5.41, 5.74) is 2.55. The van der Waals surface area contributed by atoms with Crippen LogP contribution in [-0.4, -0.2) is 28.6 Å². The van der Waals surface area contributed by atoms with Crippen LogP contribution in [0.15, 0.2) is 91.0 Å². The molecule has 0 aliphatic rings. The molecule has 176 valence electrons. The van der Waals surface area contributed by atoms with Crippen LogP contribution in [0.3, 0.4) is 0 Å². The van der Waals surface area contributed by atoms with Crippen molar-refractivity contribution in [1.29, 1.82) is 0 Å². The van der Waals surface area contributed by atoms with E-state index in [4.69, 9.17) is 21.3 Å². The number of carbonyl (C=O) groups excluding carboxylic acids is 1. The predicted octanol–water partition coefficient (Wildman–Crippen LogP) is 6.28. The molecular formula is C29H26ClN3O2. The molecule has 0 unspecified atom stereocenters. The lowest BCUT2D eigenvalue weighted by Gasteiger charge is -2.13. The van der Waals surface area contributed by atoms with Crippen molar-refractivity contribution < 1.29 is 9.53 Å². The molecule has 0 aliphatic heterocycles. The number of imidazole rings is 1. The van der Waals surface area contributed by atoms with Gasteiger partial charge < -0.3 is 14.6 Å². The standard InChI is InChI=1S/C29H26ClN3O2/c30-24-13-4-3-12-23(24)29(34)31-18-8-17-28-32-25-14-5-6-15-26(25)33(28)19-20-35-27-16-7-10-21-9-1-2-11-22(21)27/h1-7,9-16H,8,17-20H2,(H,31,34). The van der Waals surface area contributed by atoms with Gasteiger partial charge >= 0.3 is 0 Å². The predicted molar refractivity (Wildman–Crippen MR) is 141 cm³/mol. The zero-order chi connectivity index (χ0) is 24.0. The number of amides is 1. The maximum Gasteiger partial charge on any atom is 0.252 e. The maximum absolute atomic E-state index is 12.4. The van der Waals surface area contributed by atoms with Crippen LogP contribution in [-0.2, 0) is 13.0 Å². The third kappa shape index (κ3) is 5.15. The summed E-state index contributed by atoms with van der Waals surface area (Å²) < 4.78 is 8.41. The summed E-state index contributed by atoms with van der Waals surface area (Å²) in [5, 5.41) is 5.69. The molecule has 6 heteroatoms. The van der Waals surface area contributed by atoms with Crippen molar-refractivity contribution in [2.45, 2.75) is 19.4 Å². The molecule has 4 aromatic carbocycles. The molecule has 0 saturated carbocycles. The third-order valence-corrected chi connectivity index (χ3v) is 6.37. The average Bonchev–Trinajstić information content (AvgIpc) is 3.24. The third-order valence-electron chi connectivity index (χ3n) is 6.04. The Kier molecular flexibility index (Phi) is 6.96. The second-order valence-electron chi connectivity index (χ2n) is 8.33. The van der Waals surface area contributed by atoms with Gasteiger partial charge in [0, 0.05) is 18.4 Å². The van der Waals surface area contributed by atoms with Gasteiger partial charge in [0.15, 0.2) is 0 Å². The second-order valence-corrected chi connectivity index (χ2v) is 8.74. The summed E-state index contributed by atoms with van der Waals surface area (Å²) in [6, 6.07) is 29.6. The Morgan fingerprint density at radius 1 is 0.914 bits per heavy atom. The molecule has 0 fully saturated rings. The Morgan fingerprint density at radius 3 is 2.60 bits per heavy atom. The van der Waals surface area contributed by atoms with Crippen LogP contribution in [0.4, 0.5) is 0 Å². The highest BCUT2D eigenvalue weighted by Crippen LogP contribution is 2.25. The number of ether oxygens (including phenoxy) is 1. The molecule has 0 atom stereocenters. The Balaban J connectivity index is 1.24. The summed E-state index contributed by atoms with van der Waals surface area (Å²) in [5.74, 6) is 1.71. The van der Waals surface area contributed by atoms with Gasteiger partial charge in [0.25, 0.3) is 5.91 Å². The highest BCUT2D eigenvalue weighted by Gasteiger charge is 2.12. The van der Waals surface area contributed by atoms with Crippen LogP contribution in [0.5, 0.6) is 5.75 Å². The first-order valence-electron chi connectivity index (χ1n) is 11.8. The number of carbonyl (C=O) groups is 1. The molecule has 5 rings (SSSR count). The molecule has 0 aliphatic carbocycles. The van der Waals surface area contributed by atoms with Gasteiger partial charge in [0.1, 0.15) is 18.2 Å². The molecule has 1 aromatic heterocycles. The molecule has 5 aromatic rings. The minimum Gasteiger partial charge on any atom is -0.491 e. The first-order chi connectivity index (χ1) is 17.2. The molecule has 35 heavy (non-hydrogen) atoms. The zero-order valence-electron chi connectivity index (χ0n) is 19.3. The molecule has 0 radical (unpaired) electrons. The lowest BCUT2D eigenvalue weighted by Crippen LogP contribution is -2.25. The van der Waals surface area contributed by atoms with Crippen molar-refractivity contribution >= 4 is 39.3 Å². The van der Waals surface area contributed by atoms with Crippen LogP contribution in [0.1, 0.15) is 22.6 Å². The van der Waals surface area contributed by atoms with E-state index >= 15 is 0 Å². The Labute approximate surface area is 209 Å². The van der Waals surface area contributed by atoms with Gasteiger partial charge in [-0.3, -0.25) is 4.79 Å². The molecule has 0 saturated heterocycles. The Hall–Kier alpha value is -3.83. The Bertz CT molecular complexity index is 1470. The van der Waals surface area contributed by atoms with E-state index in [0.717, 1.165) is 46.2 Å². The number of nitrogens with zero attached hydrogens (tertiary/aromatic N) is 2. The van der Waals surface area contributed by atoms with Crippen molar-refractivity contribution in [2.24, 2.45) is 0 Å². The fourth-order valence-electron chi connectivity index (χ4n) is 4.32. The average molecular weight is 484 g/mol. The molecule has 0 bridgehead atoms. The van der Waals surface area contributed by atoms with E-state index in [0.29, 0.717) is 30.3 Å². The monoisotopic (exact) mass is 483 g/mol. The van der Waals surface area contributed by atoms with Gasteiger partial charge in [0.05, 0.1) is 28.2 Å². The number of para-hydroxylation sites is 2. The number of benzene rings is 4. The number of fused-ring (bicyclic) bond motifs is 2. The number of hydrogen-bond donors (Lipinski definition) is 1. The topological polar surface area (TPSA) is 56.2 Å². The fourth-order valence-corrected chi connectivity index (χ4v) is 4.54. The minimum absolute atomic E-state index is 0.160. The number of aryl methyl sites for hydroxylation is 1. The quantitative estimate of drug-likeness (QED) is 0.251. The van der Waals surface area contributed by atoms with E-state index in [1.54, 1.807) is 12.1 Å². The van der Waals surface area contributed by atoms with Crippen molar-refractivity contribution in [2.75, 3.05) is 13.2 Å². The SMILES string of the molecule is O=C(NCCCc1nc2ccccc2n1CCOc1cccc2ccccc12)c1ccccc1Cl. The van der Waals surface area contributed by atoms with Crippen molar-refractivity contribution in [3.63, 3.8) is 0 Å². The number of aromatic nitrogens is 2. The van der Waals surface area contributed by atoms with E-state index in [1.165, 1.54) is 0 Å². The summed E-state index contributed by atoms with van der Waals surface area (Å²) in [7, 11) is 0. The van der Waals surface area contributed by atoms with E-state index in [1.807, 2.05) is 54.6 Å². The van der Waals surface area contributed by atoms with Crippen LogP contribution in [0.25, 0.3) is 21.8 Å². The van der Waals surface area contributed by atoms with Crippen LogP contribution in [0.2, 0.25) is 5.02 Å². The first kappa shape index (κ1) is 22.9. The second kappa shape index (κ2) is 10.6. The van der Waals surface area contributed by atoms with Gasteiger partial charge in [-0.15, -0.1) is 0 Å². The van der Waals surface area contributed by atoms with Crippen LogP contribution >= 0.6 is 11.6 Å².